The number of ketones is 2. The van der Waals surface area contributed by atoms with Crippen LogP contribution in [0.4, 0.5) is 0 Å². The number of pyridine rings is 1. The van der Waals surface area contributed by atoms with Gasteiger partial charge in [-0.1, -0.05) is 0 Å². The number of carbonyl (C=O) groups is 2. The number of aryl methyl sites for hydroxylation is 1. The molecule has 1 aromatic rings. The van der Waals surface area contributed by atoms with E-state index in [1.54, 1.807) is 0 Å². The lowest BCUT2D eigenvalue weighted by molar-refractivity contribution is -0.119. The van der Waals surface area contributed by atoms with Gasteiger partial charge in [-0.15, -0.1) is 0 Å². The smallest absolute Gasteiger partial charge is 0.224 e. The summed E-state index contributed by atoms with van der Waals surface area (Å²) in [7, 11) is 1.51. The highest BCUT2D eigenvalue weighted by Gasteiger charge is 2.45. The summed E-state index contributed by atoms with van der Waals surface area (Å²) in [4.78, 5) is 28.5. The highest BCUT2D eigenvalue weighted by atomic mass is 16.5. The standard InChI is InChI=1S/C14H15NO3/c1-7-5-9-6-8-3-4-10(16)11(8)13(17)12(9)14(15-7)18-2/h5,8,11H,3-4,6H2,1-2H3. The molecule has 4 heteroatoms. The van der Waals surface area contributed by atoms with E-state index in [0.29, 0.717) is 17.9 Å². The Hall–Kier alpha value is -1.71. The van der Waals surface area contributed by atoms with Gasteiger partial charge in [0.1, 0.15) is 5.78 Å². The highest BCUT2D eigenvalue weighted by Crippen LogP contribution is 2.41. The second kappa shape index (κ2) is 3.90. The molecule has 4 nitrogen and oxygen atoms in total. The van der Waals surface area contributed by atoms with Crippen molar-refractivity contribution in [3.63, 3.8) is 0 Å². The summed E-state index contributed by atoms with van der Waals surface area (Å²) < 4.78 is 5.20. The van der Waals surface area contributed by atoms with Crippen LogP contribution in [-0.4, -0.2) is 23.7 Å². The summed E-state index contributed by atoms with van der Waals surface area (Å²) in [5, 5.41) is 0. The van der Waals surface area contributed by atoms with E-state index in [9.17, 15) is 9.59 Å². The first kappa shape index (κ1) is 11.4. The first-order chi connectivity index (χ1) is 8.61. The Morgan fingerprint density at radius 2 is 2.17 bits per heavy atom. The summed E-state index contributed by atoms with van der Waals surface area (Å²) in [6.45, 7) is 1.89. The minimum absolute atomic E-state index is 0.0817. The van der Waals surface area contributed by atoms with Gasteiger partial charge >= 0.3 is 0 Å². The average molecular weight is 245 g/mol. The third-order valence-electron chi connectivity index (χ3n) is 3.98. The Morgan fingerprint density at radius 1 is 1.39 bits per heavy atom. The second-order valence-corrected chi connectivity index (χ2v) is 5.12. The van der Waals surface area contributed by atoms with Gasteiger partial charge in [-0.05, 0) is 37.3 Å². The number of aromatic nitrogens is 1. The number of nitrogens with zero attached hydrogens (tertiary/aromatic N) is 1. The first-order valence-electron chi connectivity index (χ1n) is 6.23. The summed E-state index contributed by atoms with van der Waals surface area (Å²) in [6, 6.07) is 1.94. The van der Waals surface area contributed by atoms with Gasteiger partial charge in [-0.3, -0.25) is 9.59 Å². The fourth-order valence-electron chi connectivity index (χ4n) is 3.21. The van der Waals surface area contributed by atoms with Crippen LogP contribution in [0.1, 0.15) is 34.5 Å². The van der Waals surface area contributed by atoms with Gasteiger partial charge in [0.25, 0.3) is 0 Å². The molecule has 0 bridgehead atoms. The predicted octanol–water partition coefficient (Wildman–Crippen LogP) is 1.73. The Labute approximate surface area is 105 Å². The molecule has 2 unspecified atom stereocenters. The maximum Gasteiger partial charge on any atom is 0.224 e. The van der Waals surface area contributed by atoms with Gasteiger partial charge in [-0.25, -0.2) is 4.98 Å². The van der Waals surface area contributed by atoms with Crippen LogP contribution in [0.5, 0.6) is 5.88 Å². The zero-order chi connectivity index (χ0) is 12.9. The van der Waals surface area contributed by atoms with E-state index in [0.717, 1.165) is 24.1 Å². The molecular weight excluding hydrogens is 230 g/mol. The minimum Gasteiger partial charge on any atom is -0.480 e. The van der Waals surface area contributed by atoms with Crippen LogP contribution >= 0.6 is 0 Å². The van der Waals surface area contributed by atoms with Crippen molar-refractivity contribution < 1.29 is 14.3 Å². The molecular formula is C14H15NO3. The minimum atomic E-state index is -0.448. The molecule has 0 N–H and O–H groups in total. The normalized spacial score (nSPS) is 25.9. The number of hydrogen-bond donors (Lipinski definition) is 0. The monoisotopic (exact) mass is 245 g/mol. The van der Waals surface area contributed by atoms with Crippen LogP contribution in [0, 0.1) is 18.8 Å². The topological polar surface area (TPSA) is 56.3 Å². The highest BCUT2D eigenvalue weighted by molar-refractivity contribution is 6.14. The molecule has 0 aromatic carbocycles. The quantitative estimate of drug-likeness (QED) is 0.707. The number of carbonyl (C=O) groups excluding carboxylic acids is 2. The number of fused-ring (bicyclic) bond motifs is 2. The lowest BCUT2D eigenvalue weighted by Gasteiger charge is -2.26. The largest absolute Gasteiger partial charge is 0.480 e. The fourth-order valence-corrected chi connectivity index (χ4v) is 3.21. The Balaban J connectivity index is 2.16. The van der Waals surface area contributed by atoms with Crippen LogP contribution < -0.4 is 4.74 Å². The molecule has 0 amide bonds. The summed E-state index contributed by atoms with van der Waals surface area (Å²) in [5.74, 6) is 0.0967. The first-order valence-corrected chi connectivity index (χ1v) is 6.23. The zero-order valence-corrected chi connectivity index (χ0v) is 10.5. The average Bonchev–Trinajstić information content (AvgIpc) is 2.69. The van der Waals surface area contributed by atoms with E-state index in [4.69, 9.17) is 4.74 Å². The molecule has 1 aromatic heterocycles. The van der Waals surface area contributed by atoms with E-state index < -0.39 is 5.92 Å². The molecule has 1 fully saturated rings. The zero-order valence-electron chi connectivity index (χ0n) is 10.5. The molecule has 2 aliphatic rings. The SMILES string of the molecule is COc1nc(C)cc2c1C(=O)C1C(=O)CCC1C2. The van der Waals surface area contributed by atoms with Crippen molar-refractivity contribution in [2.24, 2.45) is 11.8 Å². The van der Waals surface area contributed by atoms with Crippen molar-refractivity contribution in [3.05, 3.63) is 22.9 Å². The third kappa shape index (κ3) is 1.48. The van der Waals surface area contributed by atoms with Crippen molar-refractivity contribution in [1.82, 2.24) is 4.98 Å². The number of hydrogen-bond acceptors (Lipinski definition) is 4. The van der Waals surface area contributed by atoms with Gasteiger partial charge in [-0.2, -0.15) is 0 Å². The van der Waals surface area contributed by atoms with Crippen molar-refractivity contribution >= 4 is 11.6 Å². The van der Waals surface area contributed by atoms with Gasteiger partial charge in [0.05, 0.1) is 18.6 Å². The fraction of sp³-hybridized carbons (Fsp3) is 0.500. The van der Waals surface area contributed by atoms with Crippen molar-refractivity contribution in [2.45, 2.75) is 26.2 Å². The predicted molar refractivity (Wildman–Crippen MR) is 64.8 cm³/mol. The van der Waals surface area contributed by atoms with Gasteiger partial charge in [0.15, 0.2) is 5.78 Å². The van der Waals surface area contributed by atoms with E-state index in [1.807, 2.05) is 13.0 Å². The molecule has 2 atom stereocenters. The van der Waals surface area contributed by atoms with Crippen molar-refractivity contribution in [1.29, 1.82) is 0 Å². The number of rotatable bonds is 1. The Bertz CT molecular complexity index is 550. The molecule has 94 valence electrons. The number of Topliss-reactive ketones (excluding diaryl/α,β-unsaturated/α-hetero) is 2. The summed E-state index contributed by atoms with van der Waals surface area (Å²) in [5.41, 5.74) is 2.36. The molecule has 0 radical (unpaired) electrons. The Morgan fingerprint density at radius 3 is 2.89 bits per heavy atom. The molecule has 18 heavy (non-hydrogen) atoms. The van der Waals surface area contributed by atoms with Crippen LogP contribution in [-0.2, 0) is 11.2 Å². The maximum absolute atomic E-state index is 12.5. The summed E-state index contributed by atoms with van der Waals surface area (Å²) in [6.07, 6.45) is 2.15. The van der Waals surface area contributed by atoms with Gasteiger partial charge in [0, 0.05) is 12.1 Å². The maximum atomic E-state index is 12.5. The molecule has 2 aliphatic carbocycles. The number of ether oxygens (including phenoxy) is 1. The van der Waals surface area contributed by atoms with E-state index in [-0.39, 0.29) is 17.5 Å². The second-order valence-electron chi connectivity index (χ2n) is 5.12. The van der Waals surface area contributed by atoms with Crippen LogP contribution in [0.25, 0.3) is 0 Å². The van der Waals surface area contributed by atoms with Crippen LogP contribution in [0.2, 0.25) is 0 Å². The number of methoxy groups -OCH3 is 1. The van der Waals surface area contributed by atoms with E-state index >= 15 is 0 Å². The molecule has 1 saturated carbocycles. The van der Waals surface area contributed by atoms with Gasteiger partial charge in [0.2, 0.25) is 5.88 Å². The summed E-state index contributed by atoms with van der Waals surface area (Å²) >= 11 is 0. The van der Waals surface area contributed by atoms with Crippen molar-refractivity contribution in [3.8, 4) is 5.88 Å². The van der Waals surface area contributed by atoms with E-state index in [1.165, 1.54) is 7.11 Å². The van der Waals surface area contributed by atoms with Gasteiger partial charge < -0.3 is 4.74 Å². The molecule has 1 heterocycles. The Kier molecular flexibility index (Phi) is 2.47. The van der Waals surface area contributed by atoms with Crippen LogP contribution in [0.15, 0.2) is 6.07 Å². The van der Waals surface area contributed by atoms with Crippen LogP contribution in [0.3, 0.4) is 0 Å². The molecule has 3 rings (SSSR count). The molecule has 0 spiro atoms. The molecule has 0 saturated heterocycles. The third-order valence-corrected chi connectivity index (χ3v) is 3.98. The lowest BCUT2D eigenvalue weighted by Crippen LogP contribution is -2.32. The van der Waals surface area contributed by atoms with Crippen molar-refractivity contribution in [2.75, 3.05) is 7.11 Å². The molecule has 0 aliphatic heterocycles. The van der Waals surface area contributed by atoms with E-state index in [2.05, 4.69) is 4.98 Å². The lowest BCUT2D eigenvalue weighted by atomic mass is 9.77.